The summed E-state index contributed by atoms with van der Waals surface area (Å²) in [7, 11) is 0. The van der Waals surface area contributed by atoms with Gasteiger partial charge in [-0.25, -0.2) is 9.82 Å². The fourth-order valence-corrected chi connectivity index (χ4v) is 1.81. The molecule has 0 spiro atoms. The molecule has 0 heterocycles. The first-order valence-corrected chi connectivity index (χ1v) is 7.23. The molecule has 2 aromatic carbocycles. The summed E-state index contributed by atoms with van der Waals surface area (Å²) in [4.78, 5) is 23.2. The van der Waals surface area contributed by atoms with E-state index < -0.39 is 24.1 Å². The number of amides is 2. The highest BCUT2D eigenvalue weighted by Crippen LogP contribution is 2.12. The molecule has 0 aliphatic carbocycles. The Morgan fingerprint density at radius 2 is 1.71 bits per heavy atom. The van der Waals surface area contributed by atoms with Gasteiger partial charge in [0, 0.05) is 6.21 Å². The normalized spacial score (nSPS) is 10.9. The van der Waals surface area contributed by atoms with Gasteiger partial charge in [-0.3, -0.25) is 9.59 Å². The summed E-state index contributed by atoms with van der Waals surface area (Å²) in [5, 5.41) is 6.02. The van der Waals surface area contributed by atoms with Crippen molar-refractivity contribution in [2.75, 3.05) is 5.32 Å². The molecule has 0 radical (unpaired) electrons. The largest absolute Gasteiger partial charge is 0.323 e. The maximum Gasteiger partial charge on any atom is 0.249 e. The molecule has 0 aliphatic heterocycles. The number of nitrogens with zero attached hydrogens (tertiary/aromatic N) is 1. The van der Waals surface area contributed by atoms with Crippen LogP contribution in [-0.4, -0.2) is 18.0 Å². The second-order valence-corrected chi connectivity index (χ2v) is 4.79. The smallest absolute Gasteiger partial charge is 0.249 e. The maximum absolute atomic E-state index is 13.4. The number of rotatable bonds is 6. The molecular weight excluding hydrogens is 309 g/mol. The predicted octanol–water partition coefficient (Wildman–Crippen LogP) is 2.97. The molecule has 0 unspecified atom stereocenters. The monoisotopic (exact) mass is 325 g/mol. The number of allylic oxidation sites excluding steroid dienone is 1. The van der Waals surface area contributed by atoms with Crippen LogP contribution in [0.1, 0.15) is 12.0 Å². The van der Waals surface area contributed by atoms with Gasteiger partial charge in [-0.1, -0.05) is 48.5 Å². The summed E-state index contributed by atoms with van der Waals surface area (Å²) in [6, 6.07) is 15.3. The van der Waals surface area contributed by atoms with E-state index >= 15 is 0 Å². The van der Waals surface area contributed by atoms with Crippen molar-refractivity contribution in [3.05, 3.63) is 72.1 Å². The van der Waals surface area contributed by atoms with Gasteiger partial charge < -0.3 is 5.32 Å². The highest BCUT2D eigenvalue weighted by molar-refractivity contribution is 6.03. The number of hydrazone groups is 1. The molecule has 5 nitrogen and oxygen atoms in total. The molecule has 0 bridgehead atoms. The Hall–Kier alpha value is -3.28. The molecule has 0 aliphatic rings. The molecule has 24 heavy (non-hydrogen) atoms. The van der Waals surface area contributed by atoms with Crippen molar-refractivity contribution in [1.82, 2.24) is 5.43 Å². The van der Waals surface area contributed by atoms with Crippen LogP contribution in [0.3, 0.4) is 0 Å². The van der Waals surface area contributed by atoms with E-state index in [4.69, 9.17) is 0 Å². The molecule has 6 heteroatoms. The minimum atomic E-state index is -0.618. The standard InChI is InChI=1S/C18H16FN3O2/c19-15-10-4-5-11-16(15)21-17(23)13-18(24)22-20-12-6-9-14-7-2-1-3-8-14/h1-12H,13H2,(H,21,23)(H,22,24). The van der Waals surface area contributed by atoms with Gasteiger partial charge in [0.2, 0.25) is 11.8 Å². The van der Waals surface area contributed by atoms with Crippen LogP contribution in [0.25, 0.3) is 6.08 Å². The number of halogens is 1. The van der Waals surface area contributed by atoms with Crippen molar-refractivity contribution in [3.8, 4) is 0 Å². The number of hydrogen-bond acceptors (Lipinski definition) is 3. The summed E-state index contributed by atoms with van der Waals surface area (Å²) in [5.41, 5.74) is 3.26. The van der Waals surface area contributed by atoms with Crippen molar-refractivity contribution in [3.63, 3.8) is 0 Å². The second-order valence-electron chi connectivity index (χ2n) is 4.79. The van der Waals surface area contributed by atoms with Gasteiger partial charge in [0.05, 0.1) is 5.69 Å². The molecule has 0 fully saturated rings. The van der Waals surface area contributed by atoms with E-state index in [1.165, 1.54) is 24.4 Å². The van der Waals surface area contributed by atoms with Gasteiger partial charge in [0.15, 0.2) is 0 Å². The molecule has 0 aromatic heterocycles. The van der Waals surface area contributed by atoms with Crippen LogP contribution in [-0.2, 0) is 9.59 Å². The third kappa shape index (κ3) is 5.84. The van der Waals surface area contributed by atoms with Crippen LogP contribution in [0.4, 0.5) is 10.1 Å². The average Bonchev–Trinajstić information content (AvgIpc) is 2.57. The first kappa shape index (κ1) is 17.1. The average molecular weight is 325 g/mol. The molecule has 2 rings (SSSR count). The number of nitrogens with one attached hydrogen (secondary N) is 2. The summed E-state index contributed by atoms with van der Waals surface area (Å²) in [5.74, 6) is -1.77. The van der Waals surface area contributed by atoms with Gasteiger partial charge >= 0.3 is 0 Å². The van der Waals surface area contributed by atoms with Gasteiger partial charge in [-0.05, 0) is 23.8 Å². The predicted molar refractivity (Wildman–Crippen MR) is 91.8 cm³/mol. The lowest BCUT2D eigenvalue weighted by Gasteiger charge is -2.05. The number of hydrogen-bond donors (Lipinski definition) is 2. The van der Waals surface area contributed by atoms with Crippen molar-refractivity contribution in [2.45, 2.75) is 6.42 Å². The first-order valence-electron chi connectivity index (χ1n) is 7.23. The molecule has 122 valence electrons. The molecular formula is C18H16FN3O2. The Bertz CT molecular complexity index is 758. The van der Waals surface area contributed by atoms with E-state index in [0.29, 0.717) is 0 Å². The summed E-state index contributed by atoms with van der Waals surface area (Å²) >= 11 is 0. The van der Waals surface area contributed by atoms with Gasteiger partial charge in [0.25, 0.3) is 0 Å². The summed E-state index contributed by atoms with van der Waals surface area (Å²) in [6.07, 6.45) is 4.43. The minimum absolute atomic E-state index is 0.0320. The van der Waals surface area contributed by atoms with Crippen LogP contribution < -0.4 is 10.7 Å². The molecule has 2 aromatic rings. The van der Waals surface area contributed by atoms with Crippen LogP contribution in [0, 0.1) is 5.82 Å². The molecule has 2 N–H and O–H groups in total. The minimum Gasteiger partial charge on any atom is -0.323 e. The molecule has 0 atom stereocenters. The fourth-order valence-electron chi connectivity index (χ4n) is 1.81. The van der Waals surface area contributed by atoms with Crippen LogP contribution in [0.5, 0.6) is 0 Å². The molecule has 0 saturated heterocycles. The van der Waals surface area contributed by atoms with Crippen LogP contribution in [0.15, 0.2) is 65.8 Å². The molecule has 2 amide bonds. The van der Waals surface area contributed by atoms with E-state index in [1.54, 1.807) is 12.1 Å². The number of carbonyl (C=O) groups excluding carboxylic acids is 2. The van der Waals surface area contributed by atoms with Crippen molar-refractivity contribution >= 4 is 29.8 Å². The number of benzene rings is 2. The number of carbonyl (C=O) groups is 2. The summed E-state index contributed by atoms with van der Waals surface area (Å²) in [6.45, 7) is 0. The highest BCUT2D eigenvalue weighted by atomic mass is 19.1. The van der Waals surface area contributed by atoms with Crippen molar-refractivity contribution < 1.29 is 14.0 Å². The number of anilines is 1. The SMILES string of the molecule is O=C(CC(=O)Nc1ccccc1F)NN=CC=Cc1ccccc1. The molecule has 0 saturated carbocycles. The second kappa shape index (κ2) is 8.99. The quantitative estimate of drug-likeness (QED) is 0.487. The maximum atomic E-state index is 13.4. The Morgan fingerprint density at radius 3 is 2.46 bits per heavy atom. The van der Waals surface area contributed by atoms with Gasteiger partial charge in [-0.15, -0.1) is 0 Å². The van der Waals surface area contributed by atoms with Gasteiger partial charge in [0.1, 0.15) is 12.2 Å². The Kier molecular flexibility index (Phi) is 6.40. The zero-order valence-corrected chi connectivity index (χ0v) is 12.8. The highest BCUT2D eigenvalue weighted by Gasteiger charge is 2.10. The topological polar surface area (TPSA) is 70.6 Å². The van der Waals surface area contributed by atoms with Crippen LogP contribution in [0.2, 0.25) is 0 Å². The van der Waals surface area contributed by atoms with Gasteiger partial charge in [-0.2, -0.15) is 5.10 Å². The van der Waals surface area contributed by atoms with E-state index in [9.17, 15) is 14.0 Å². The van der Waals surface area contributed by atoms with Crippen LogP contribution >= 0.6 is 0 Å². The Morgan fingerprint density at radius 1 is 1.00 bits per heavy atom. The first-order chi connectivity index (χ1) is 11.6. The lowest BCUT2D eigenvalue weighted by atomic mass is 10.2. The van der Waals surface area contributed by atoms with E-state index in [2.05, 4.69) is 15.8 Å². The van der Waals surface area contributed by atoms with Crippen molar-refractivity contribution in [2.24, 2.45) is 5.10 Å². The Labute approximate surface area is 138 Å². The number of para-hydroxylation sites is 1. The zero-order valence-electron chi connectivity index (χ0n) is 12.8. The lowest BCUT2D eigenvalue weighted by Crippen LogP contribution is -2.24. The van der Waals surface area contributed by atoms with E-state index in [-0.39, 0.29) is 5.69 Å². The fraction of sp³-hybridized carbons (Fsp3) is 0.0556. The van der Waals surface area contributed by atoms with E-state index in [1.807, 2.05) is 36.4 Å². The zero-order chi connectivity index (χ0) is 17.2. The Balaban J connectivity index is 1.75. The van der Waals surface area contributed by atoms with Crippen molar-refractivity contribution in [1.29, 1.82) is 0 Å². The third-order valence-corrected chi connectivity index (χ3v) is 2.91. The van der Waals surface area contributed by atoms with E-state index in [0.717, 1.165) is 5.56 Å². The lowest BCUT2D eigenvalue weighted by molar-refractivity contribution is -0.126. The summed E-state index contributed by atoms with van der Waals surface area (Å²) < 4.78 is 13.4. The third-order valence-electron chi connectivity index (χ3n) is 2.91.